The first-order valence-electron chi connectivity index (χ1n) is 5.50. The molecule has 0 unspecified atom stereocenters. The molecule has 0 bridgehead atoms. The number of rotatable bonds is 4. The second-order valence-electron chi connectivity index (χ2n) is 3.51. The van der Waals surface area contributed by atoms with Gasteiger partial charge in [0.2, 0.25) is 0 Å². The summed E-state index contributed by atoms with van der Waals surface area (Å²) in [6, 6.07) is 5.53. The van der Waals surface area contributed by atoms with Crippen LogP contribution in [-0.2, 0) is 22.4 Å². The average Bonchev–Trinajstić information content (AvgIpc) is 2.31. The van der Waals surface area contributed by atoms with Crippen LogP contribution in [0, 0.1) is 11.3 Å². The summed E-state index contributed by atoms with van der Waals surface area (Å²) in [5.74, 6) is -0.326. The van der Waals surface area contributed by atoms with E-state index in [9.17, 15) is 4.79 Å². The highest BCUT2D eigenvalue weighted by atomic mass is 35.5. The van der Waals surface area contributed by atoms with Crippen LogP contribution in [0.2, 0.25) is 5.02 Å². The number of nitrogens with zero attached hydrogens (tertiary/aromatic N) is 1. The van der Waals surface area contributed by atoms with Crippen molar-refractivity contribution in [3.8, 4) is 6.07 Å². The molecule has 4 heteroatoms. The van der Waals surface area contributed by atoms with Crippen LogP contribution in [0.4, 0.5) is 0 Å². The Labute approximate surface area is 106 Å². The van der Waals surface area contributed by atoms with E-state index in [1.54, 1.807) is 19.1 Å². The Bertz CT molecular complexity index is 463. The number of hydrogen-bond donors (Lipinski definition) is 0. The Morgan fingerprint density at radius 3 is 2.71 bits per heavy atom. The van der Waals surface area contributed by atoms with Crippen molar-refractivity contribution in [2.45, 2.75) is 26.7 Å². The van der Waals surface area contributed by atoms with Crippen LogP contribution < -0.4 is 0 Å². The minimum Gasteiger partial charge on any atom is -0.466 e. The van der Waals surface area contributed by atoms with E-state index in [0.29, 0.717) is 29.2 Å². The lowest BCUT2D eigenvalue weighted by Crippen LogP contribution is -2.09. The molecule has 3 nitrogen and oxygen atoms in total. The molecule has 0 atom stereocenters. The highest BCUT2D eigenvalue weighted by Gasteiger charge is 2.14. The van der Waals surface area contributed by atoms with Gasteiger partial charge in [-0.05, 0) is 30.5 Å². The Morgan fingerprint density at radius 2 is 2.18 bits per heavy atom. The highest BCUT2D eigenvalue weighted by Crippen LogP contribution is 2.24. The summed E-state index contributed by atoms with van der Waals surface area (Å²) in [6.07, 6.45) is 0.777. The maximum Gasteiger partial charge on any atom is 0.310 e. The van der Waals surface area contributed by atoms with Gasteiger partial charge in [0.15, 0.2) is 0 Å². The van der Waals surface area contributed by atoms with Crippen LogP contribution in [0.1, 0.15) is 30.5 Å². The fraction of sp³-hybridized carbons (Fsp3) is 0.385. The van der Waals surface area contributed by atoms with Crippen molar-refractivity contribution in [2.24, 2.45) is 0 Å². The van der Waals surface area contributed by atoms with Crippen LogP contribution in [-0.4, -0.2) is 12.6 Å². The number of benzene rings is 1. The SMILES string of the molecule is CCOC(=O)Cc1ccc(Cl)c(CC)c1C#N. The highest BCUT2D eigenvalue weighted by molar-refractivity contribution is 6.31. The maximum atomic E-state index is 11.4. The van der Waals surface area contributed by atoms with Gasteiger partial charge in [-0.25, -0.2) is 0 Å². The van der Waals surface area contributed by atoms with E-state index in [1.807, 2.05) is 6.92 Å². The maximum absolute atomic E-state index is 11.4. The predicted octanol–water partition coefficient (Wildman–Crippen LogP) is 2.88. The Morgan fingerprint density at radius 1 is 1.47 bits per heavy atom. The van der Waals surface area contributed by atoms with Crippen LogP contribution in [0.15, 0.2) is 12.1 Å². The van der Waals surface area contributed by atoms with E-state index in [-0.39, 0.29) is 12.4 Å². The molecule has 17 heavy (non-hydrogen) atoms. The summed E-state index contributed by atoms with van der Waals surface area (Å²) in [5, 5.41) is 9.70. The van der Waals surface area contributed by atoms with E-state index < -0.39 is 0 Å². The molecule has 0 amide bonds. The zero-order valence-corrected chi connectivity index (χ0v) is 10.7. The summed E-state index contributed by atoms with van der Waals surface area (Å²) < 4.78 is 4.87. The van der Waals surface area contributed by atoms with Gasteiger partial charge in [0, 0.05) is 5.02 Å². The Kier molecular flexibility index (Phi) is 4.99. The molecule has 90 valence electrons. The Hall–Kier alpha value is -1.53. The molecule has 0 aliphatic carbocycles. The molecule has 1 aromatic rings. The van der Waals surface area contributed by atoms with Crippen molar-refractivity contribution in [1.82, 2.24) is 0 Å². The van der Waals surface area contributed by atoms with Gasteiger partial charge < -0.3 is 4.74 Å². The Balaban J connectivity index is 3.09. The van der Waals surface area contributed by atoms with Crippen molar-refractivity contribution in [3.05, 3.63) is 33.8 Å². The van der Waals surface area contributed by atoms with Crippen molar-refractivity contribution in [2.75, 3.05) is 6.61 Å². The van der Waals surface area contributed by atoms with Gasteiger partial charge in [0.1, 0.15) is 0 Å². The summed E-state index contributed by atoms with van der Waals surface area (Å²) in [7, 11) is 0. The van der Waals surface area contributed by atoms with E-state index in [0.717, 1.165) is 5.56 Å². The molecule has 0 N–H and O–H groups in total. The molecule has 0 fully saturated rings. The fourth-order valence-electron chi connectivity index (χ4n) is 1.67. The number of ether oxygens (including phenoxy) is 1. The van der Waals surface area contributed by atoms with Crippen molar-refractivity contribution in [1.29, 1.82) is 5.26 Å². The zero-order valence-electron chi connectivity index (χ0n) is 9.92. The van der Waals surface area contributed by atoms with Gasteiger partial charge in [-0.1, -0.05) is 24.6 Å². The minimum atomic E-state index is -0.326. The van der Waals surface area contributed by atoms with E-state index >= 15 is 0 Å². The summed E-state index contributed by atoms with van der Waals surface area (Å²) in [5.41, 5.74) is 1.95. The lowest BCUT2D eigenvalue weighted by Gasteiger charge is -2.09. The smallest absolute Gasteiger partial charge is 0.310 e. The third-order valence-corrected chi connectivity index (χ3v) is 2.80. The molecule has 0 saturated heterocycles. The number of esters is 1. The lowest BCUT2D eigenvalue weighted by atomic mass is 9.98. The number of hydrogen-bond acceptors (Lipinski definition) is 3. The summed E-state index contributed by atoms with van der Waals surface area (Å²) in [4.78, 5) is 11.4. The summed E-state index contributed by atoms with van der Waals surface area (Å²) in [6.45, 7) is 4.02. The average molecular weight is 252 g/mol. The molecule has 0 aliphatic heterocycles. The second-order valence-corrected chi connectivity index (χ2v) is 3.91. The van der Waals surface area contributed by atoms with Gasteiger partial charge in [-0.15, -0.1) is 0 Å². The van der Waals surface area contributed by atoms with Crippen molar-refractivity contribution < 1.29 is 9.53 Å². The third kappa shape index (κ3) is 3.21. The number of carbonyl (C=O) groups excluding carboxylic acids is 1. The minimum absolute atomic E-state index is 0.112. The molecule has 1 rings (SSSR count). The first-order valence-corrected chi connectivity index (χ1v) is 5.87. The standard InChI is InChI=1S/C13H14ClNO2/c1-3-10-11(8-15)9(5-6-12(10)14)7-13(16)17-4-2/h5-6H,3-4,7H2,1-2H3. The molecule has 0 aliphatic rings. The molecule has 0 heterocycles. The summed E-state index contributed by atoms with van der Waals surface area (Å²) >= 11 is 6.01. The van der Waals surface area contributed by atoms with E-state index in [4.69, 9.17) is 21.6 Å². The molecular formula is C13H14ClNO2. The van der Waals surface area contributed by atoms with Gasteiger partial charge in [-0.3, -0.25) is 4.79 Å². The second kappa shape index (κ2) is 6.27. The van der Waals surface area contributed by atoms with Crippen LogP contribution in [0.3, 0.4) is 0 Å². The first kappa shape index (κ1) is 13.5. The topological polar surface area (TPSA) is 50.1 Å². The molecular weight excluding hydrogens is 238 g/mol. The van der Waals surface area contributed by atoms with Crippen molar-refractivity contribution >= 4 is 17.6 Å². The first-order chi connectivity index (χ1) is 8.13. The molecule has 1 aromatic carbocycles. The van der Waals surface area contributed by atoms with E-state index in [2.05, 4.69) is 6.07 Å². The third-order valence-electron chi connectivity index (χ3n) is 2.45. The van der Waals surface area contributed by atoms with Crippen molar-refractivity contribution in [3.63, 3.8) is 0 Å². The number of nitriles is 1. The number of carbonyl (C=O) groups is 1. The van der Waals surface area contributed by atoms with Gasteiger partial charge in [0.05, 0.1) is 24.7 Å². The molecule has 0 radical (unpaired) electrons. The van der Waals surface area contributed by atoms with Gasteiger partial charge in [-0.2, -0.15) is 5.26 Å². The molecule has 0 saturated carbocycles. The van der Waals surface area contributed by atoms with Crippen LogP contribution in [0.25, 0.3) is 0 Å². The van der Waals surface area contributed by atoms with Crippen LogP contribution >= 0.6 is 11.6 Å². The van der Waals surface area contributed by atoms with Crippen LogP contribution in [0.5, 0.6) is 0 Å². The number of halogens is 1. The fourth-order valence-corrected chi connectivity index (χ4v) is 1.96. The predicted molar refractivity (Wildman–Crippen MR) is 65.9 cm³/mol. The molecule has 0 spiro atoms. The molecule has 0 aromatic heterocycles. The van der Waals surface area contributed by atoms with E-state index in [1.165, 1.54) is 0 Å². The zero-order chi connectivity index (χ0) is 12.8. The largest absolute Gasteiger partial charge is 0.466 e. The monoisotopic (exact) mass is 251 g/mol. The van der Waals surface area contributed by atoms with Gasteiger partial charge >= 0.3 is 5.97 Å². The normalized spacial score (nSPS) is 9.76. The quantitative estimate of drug-likeness (QED) is 0.773. The van der Waals surface area contributed by atoms with Gasteiger partial charge in [0.25, 0.3) is 0 Å². The lowest BCUT2D eigenvalue weighted by molar-refractivity contribution is -0.142.